The van der Waals surface area contributed by atoms with E-state index in [1.54, 1.807) is 4.57 Å². The fraction of sp³-hybridized carbons (Fsp3) is 0.400. The second-order valence-electron chi connectivity index (χ2n) is 5.43. The highest BCUT2D eigenvalue weighted by atomic mass is 16.1. The molecule has 2 rings (SSSR count). The van der Waals surface area contributed by atoms with Crippen LogP contribution in [0, 0.1) is 0 Å². The number of hydrogen-bond acceptors (Lipinski definition) is 1. The number of rotatable bonds is 1. The van der Waals surface area contributed by atoms with Crippen molar-refractivity contribution in [2.24, 2.45) is 0 Å². The van der Waals surface area contributed by atoms with Gasteiger partial charge < -0.3 is 4.57 Å². The van der Waals surface area contributed by atoms with Crippen LogP contribution in [0.25, 0.3) is 10.8 Å². The summed E-state index contributed by atoms with van der Waals surface area (Å²) < 4.78 is 1.79. The third-order valence-electron chi connectivity index (χ3n) is 3.14. The van der Waals surface area contributed by atoms with Crippen molar-refractivity contribution in [3.63, 3.8) is 0 Å². The summed E-state index contributed by atoms with van der Waals surface area (Å²) in [6.45, 7) is 9.26. The van der Waals surface area contributed by atoms with Gasteiger partial charge in [0.2, 0.25) is 0 Å². The van der Waals surface area contributed by atoms with Crippen LogP contribution >= 0.6 is 0 Å². The zero-order valence-corrected chi connectivity index (χ0v) is 10.9. The average molecular weight is 229 g/mol. The molecule has 1 aromatic carbocycles. The lowest BCUT2D eigenvalue weighted by Gasteiger charge is -2.22. The van der Waals surface area contributed by atoms with Crippen LogP contribution in [0.3, 0.4) is 0 Å². The molecule has 0 saturated heterocycles. The van der Waals surface area contributed by atoms with Gasteiger partial charge in [0.15, 0.2) is 0 Å². The van der Waals surface area contributed by atoms with Crippen molar-refractivity contribution in [3.8, 4) is 0 Å². The van der Waals surface area contributed by atoms with Crippen LogP contribution < -0.4 is 5.56 Å². The first-order valence-electron chi connectivity index (χ1n) is 6.08. The van der Waals surface area contributed by atoms with Crippen molar-refractivity contribution < 1.29 is 0 Å². The molecular weight excluding hydrogens is 210 g/mol. The molecule has 2 nitrogen and oxygen atoms in total. The van der Waals surface area contributed by atoms with Crippen LogP contribution in [-0.4, -0.2) is 4.57 Å². The maximum absolute atomic E-state index is 12.2. The predicted molar refractivity (Wildman–Crippen MR) is 72.6 cm³/mol. The Labute approximate surface area is 102 Å². The van der Waals surface area contributed by atoms with Gasteiger partial charge in [-0.05, 0) is 29.4 Å². The first-order valence-corrected chi connectivity index (χ1v) is 6.08. The lowest BCUT2D eigenvalue weighted by atomic mass is 9.85. The summed E-state index contributed by atoms with van der Waals surface area (Å²) in [7, 11) is 0. The zero-order valence-electron chi connectivity index (χ0n) is 10.9. The first-order chi connectivity index (χ1) is 7.95. The largest absolute Gasteiger partial charge is 0.315 e. The summed E-state index contributed by atoms with van der Waals surface area (Å²) >= 11 is 0. The van der Waals surface area contributed by atoms with E-state index in [9.17, 15) is 4.79 Å². The molecule has 0 aliphatic heterocycles. The van der Waals surface area contributed by atoms with Gasteiger partial charge in [-0.2, -0.15) is 0 Å². The summed E-state index contributed by atoms with van der Waals surface area (Å²) in [6.07, 6.45) is 2.00. The molecule has 2 heteroatoms. The molecule has 17 heavy (non-hydrogen) atoms. The van der Waals surface area contributed by atoms with Gasteiger partial charge in [0.25, 0.3) is 5.56 Å². The Bertz CT molecular complexity index is 602. The van der Waals surface area contributed by atoms with E-state index >= 15 is 0 Å². The van der Waals surface area contributed by atoms with Crippen molar-refractivity contribution in [3.05, 3.63) is 46.4 Å². The molecule has 0 N–H and O–H groups in total. The number of benzene rings is 1. The highest BCUT2D eigenvalue weighted by molar-refractivity contribution is 5.85. The minimum atomic E-state index is 0.0459. The van der Waals surface area contributed by atoms with Crippen LogP contribution in [0.5, 0.6) is 0 Å². The molecule has 0 aliphatic rings. The van der Waals surface area contributed by atoms with Gasteiger partial charge in [0, 0.05) is 18.1 Å². The van der Waals surface area contributed by atoms with Gasteiger partial charge >= 0.3 is 0 Å². The molecule has 90 valence electrons. The monoisotopic (exact) mass is 229 g/mol. The minimum absolute atomic E-state index is 0.0459. The van der Waals surface area contributed by atoms with Gasteiger partial charge in [-0.3, -0.25) is 4.79 Å². The molecule has 0 spiro atoms. The highest BCUT2D eigenvalue weighted by Gasteiger charge is 2.19. The number of fused-ring (bicyclic) bond motifs is 1. The fourth-order valence-electron chi connectivity index (χ4n) is 2.18. The van der Waals surface area contributed by atoms with E-state index in [0.717, 1.165) is 10.8 Å². The smallest absolute Gasteiger partial charge is 0.258 e. The van der Waals surface area contributed by atoms with Crippen LogP contribution in [0.1, 0.15) is 33.3 Å². The van der Waals surface area contributed by atoms with E-state index in [2.05, 4.69) is 20.8 Å². The Kier molecular flexibility index (Phi) is 2.82. The second kappa shape index (κ2) is 4.02. The average Bonchev–Trinajstić information content (AvgIpc) is 2.28. The van der Waals surface area contributed by atoms with Crippen molar-refractivity contribution >= 4 is 10.8 Å². The van der Waals surface area contributed by atoms with Gasteiger partial charge in [0.1, 0.15) is 0 Å². The van der Waals surface area contributed by atoms with Gasteiger partial charge in [-0.15, -0.1) is 0 Å². The van der Waals surface area contributed by atoms with E-state index in [4.69, 9.17) is 0 Å². The quantitative estimate of drug-likeness (QED) is 0.735. The molecule has 0 unspecified atom stereocenters. The maximum Gasteiger partial charge on any atom is 0.258 e. The molecule has 2 aromatic rings. The number of aryl methyl sites for hydroxylation is 1. The molecule has 1 heterocycles. The van der Waals surface area contributed by atoms with Gasteiger partial charge in [0.05, 0.1) is 0 Å². The molecule has 0 radical (unpaired) electrons. The molecule has 0 fully saturated rings. The van der Waals surface area contributed by atoms with Crippen LogP contribution in [-0.2, 0) is 12.0 Å². The molecule has 0 aliphatic carbocycles. The van der Waals surface area contributed by atoms with Gasteiger partial charge in [-0.25, -0.2) is 0 Å². The van der Waals surface area contributed by atoms with Gasteiger partial charge in [-0.1, -0.05) is 39.0 Å². The Balaban J connectivity index is 2.94. The van der Waals surface area contributed by atoms with Crippen molar-refractivity contribution in [2.75, 3.05) is 0 Å². The van der Waals surface area contributed by atoms with E-state index in [1.165, 1.54) is 5.56 Å². The second-order valence-corrected chi connectivity index (χ2v) is 5.43. The van der Waals surface area contributed by atoms with E-state index in [0.29, 0.717) is 6.54 Å². The lowest BCUT2D eigenvalue weighted by molar-refractivity contribution is 0.582. The Morgan fingerprint density at radius 1 is 1.12 bits per heavy atom. The maximum atomic E-state index is 12.2. The number of hydrogen-bond donors (Lipinski definition) is 0. The number of pyridine rings is 1. The van der Waals surface area contributed by atoms with Crippen LogP contribution in [0.4, 0.5) is 0 Å². The SMILES string of the molecule is CCn1cc(C(C)(C)C)c2ccccc2c1=O. The molecular formula is C15H19NO. The topological polar surface area (TPSA) is 22.0 Å². The number of aromatic nitrogens is 1. The molecule has 0 saturated carbocycles. The lowest BCUT2D eigenvalue weighted by Crippen LogP contribution is -2.23. The number of nitrogens with zero attached hydrogens (tertiary/aromatic N) is 1. The van der Waals surface area contributed by atoms with E-state index in [-0.39, 0.29) is 11.0 Å². The van der Waals surface area contributed by atoms with Crippen molar-refractivity contribution in [2.45, 2.75) is 39.7 Å². The Hall–Kier alpha value is -1.57. The van der Waals surface area contributed by atoms with Crippen LogP contribution in [0.15, 0.2) is 35.3 Å². The van der Waals surface area contributed by atoms with Crippen molar-refractivity contribution in [1.29, 1.82) is 0 Å². The third-order valence-corrected chi connectivity index (χ3v) is 3.14. The Morgan fingerprint density at radius 2 is 1.71 bits per heavy atom. The van der Waals surface area contributed by atoms with Crippen molar-refractivity contribution in [1.82, 2.24) is 4.57 Å². The summed E-state index contributed by atoms with van der Waals surface area (Å²) in [4.78, 5) is 12.2. The van der Waals surface area contributed by atoms with Crippen LogP contribution in [0.2, 0.25) is 0 Å². The minimum Gasteiger partial charge on any atom is -0.315 e. The summed E-state index contributed by atoms with van der Waals surface area (Å²) in [5.74, 6) is 0. The highest BCUT2D eigenvalue weighted by Crippen LogP contribution is 2.28. The standard InChI is InChI=1S/C15H19NO/c1-5-16-10-13(15(2,3)4)11-8-6-7-9-12(11)14(16)17/h6-10H,5H2,1-4H3. The normalized spacial score (nSPS) is 12.0. The zero-order chi connectivity index (χ0) is 12.6. The molecule has 0 atom stereocenters. The fourth-order valence-corrected chi connectivity index (χ4v) is 2.18. The summed E-state index contributed by atoms with van der Waals surface area (Å²) in [5.41, 5.74) is 1.38. The Morgan fingerprint density at radius 3 is 2.24 bits per heavy atom. The predicted octanol–water partition coefficient (Wildman–Crippen LogP) is 3.32. The third kappa shape index (κ3) is 1.99. The first kappa shape index (κ1) is 11.9. The molecule has 0 amide bonds. The van der Waals surface area contributed by atoms with E-state index in [1.807, 2.05) is 37.4 Å². The summed E-state index contributed by atoms with van der Waals surface area (Å²) in [5, 5.41) is 1.90. The molecule has 0 bridgehead atoms. The molecule has 1 aromatic heterocycles. The summed E-state index contributed by atoms with van der Waals surface area (Å²) in [6, 6.07) is 7.87. The van der Waals surface area contributed by atoms with E-state index < -0.39 is 0 Å².